The van der Waals surface area contributed by atoms with E-state index in [0.29, 0.717) is 6.42 Å². The third-order valence-electron chi connectivity index (χ3n) is 5.71. The molecule has 5 rings (SSSR count). The lowest BCUT2D eigenvalue weighted by Crippen LogP contribution is -2.34. The number of carbonyl (C=O) groups excluding carboxylic acids is 1. The molecule has 1 aromatic heterocycles. The molecule has 3 aromatic carbocycles. The summed E-state index contributed by atoms with van der Waals surface area (Å²) in [5, 5.41) is 4.99. The minimum absolute atomic E-state index is 0.000995. The van der Waals surface area contributed by atoms with Crippen molar-refractivity contribution in [1.82, 2.24) is 9.78 Å². The van der Waals surface area contributed by atoms with E-state index in [-0.39, 0.29) is 11.8 Å². The van der Waals surface area contributed by atoms with Crippen LogP contribution in [0.25, 0.3) is 5.69 Å². The van der Waals surface area contributed by atoms with Gasteiger partial charge >= 0.3 is 0 Å². The SMILES string of the molecule is CCc1nn(-c2ccccc2)c2c1[C@@H](c1ccccc1)CC(=O)N2c1ccccc1. The lowest BCUT2D eigenvalue weighted by atomic mass is 9.84. The van der Waals surface area contributed by atoms with Crippen LogP contribution in [0.5, 0.6) is 0 Å². The Bertz CT molecular complexity index is 1170. The molecular formula is C26H23N3O. The highest BCUT2D eigenvalue weighted by molar-refractivity contribution is 6.03. The van der Waals surface area contributed by atoms with Gasteiger partial charge in [-0.25, -0.2) is 4.68 Å². The molecule has 30 heavy (non-hydrogen) atoms. The molecule has 0 unspecified atom stereocenters. The zero-order chi connectivity index (χ0) is 20.5. The monoisotopic (exact) mass is 393 g/mol. The van der Waals surface area contributed by atoms with Crippen LogP contribution in [0.4, 0.5) is 11.5 Å². The highest BCUT2D eigenvalue weighted by Crippen LogP contribution is 2.45. The number of fused-ring (bicyclic) bond motifs is 1. The first kappa shape index (κ1) is 18.4. The summed E-state index contributed by atoms with van der Waals surface area (Å²) < 4.78 is 1.94. The van der Waals surface area contributed by atoms with E-state index in [1.807, 2.05) is 88.4 Å². The Hall–Kier alpha value is -3.66. The van der Waals surface area contributed by atoms with E-state index in [1.54, 1.807) is 0 Å². The zero-order valence-corrected chi connectivity index (χ0v) is 16.9. The van der Waals surface area contributed by atoms with Crippen molar-refractivity contribution < 1.29 is 4.79 Å². The van der Waals surface area contributed by atoms with Crippen molar-refractivity contribution >= 4 is 17.4 Å². The zero-order valence-electron chi connectivity index (χ0n) is 16.9. The van der Waals surface area contributed by atoms with Gasteiger partial charge in [-0.3, -0.25) is 9.69 Å². The van der Waals surface area contributed by atoms with Crippen LogP contribution in [0.2, 0.25) is 0 Å². The van der Waals surface area contributed by atoms with Gasteiger partial charge in [0.2, 0.25) is 5.91 Å². The predicted molar refractivity (Wildman–Crippen MR) is 119 cm³/mol. The van der Waals surface area contributed by atoms with Crippen LogP contribution in [0.1, 0.15) is 36.1 Å². The molecule has 0 N–H and O–H groups in total. The minimum atomic E-state index is 0.000995. The summed E-state index contributed by atoms with van der Waals surface area (Å²) in [7, 11) is 0. The minimum Gasteiger partial charge on any atom is -0.274 e. The van der Waals surface area contributed by atoms with Gasteiger partial charge in [-0.2, -0.15) is 5.10 Å². The number of aromatic nitrogens is 2. The van der Waals surface area contributed by atoms with Crippen LogP contribution < -0.4 is 4.90 Å². The van der Waals surface area contributed by atoms with E-state index in [1.165, 1.54) is 0 Å². The van der Waals surface area contributed by atoms with E-state index in [9.17, 15) is 4.79 Å². The van der Waals surface area contributed by atoms with Crippen molar-refractivity contribution in [3.05, 3.63) is 108 Å². The fraction of sp³-hybridized carbons (Fsp3) is 0.154. The van der Waals surface area contributed by atoms with Crippen LogP contribution in [0.3, 0.4) is 0 Å². The van der Waals surface area contributed by atoms with E-state index in [0.717, 1.165) is 40.4 Å². The Morgan fingerprint density at radius 1 is 0.833 bits per heavy atom. The Labute approximate surface area is 176 Å². The maximum atomic E-state index is 13.5. The fourth-order valence-corrected chi connectivity index (χ4v) is 4.35. The molecule has 0 spiro atoms. The summed E-state index contributed by atoms with van der Waals surface area (Å²) >= 11 is 0. The molecule has 4 heteroatoms. The molecule has 1 aliphatic rings. The van der Waals surface area contributed by atoms with Crippen LogP contribution in [-0.2, 0) is 11.2 Å². The van der Waals surface area contributed by atoms with Crippen molar-refractivity contribution in [3.8, 4) is 5.69 Å². The second-order valence-electron chi connectivity index (χ2n) is 7.52. The first-order valence-corrected chi connectivity index (χ1v) is 10.4. The lowest BCUT2D eigenvalue weighted by molar-refractivity contribution is -0.118. The second kappa shape index (κ2) is 7.64. The Morgan fingerprint density at radius 2 is 1.40 bits per heavy atom. The number of amides is 1. The standard InChI is InChI=1S/C26H23N3O/c1-2-23-25-22(19-12-6-3-7-13-19)18-24(30)28(20-14-8-4-9-15-20)26(25)29(27-23)21-16-10-5-11-17-21/h3-17,22H,2,18H2,1H3/t22-/m1/s1. The van der Waals surface area contributed by atoms with E-state index >= 15 is 0 Å². The summed E-state index contributed by atoms with van der Waals surface area (Å²) in [6, 6.07) is 30.2. The number of rotatable bonds is 4. The molecule has 0 saturated carbocycles. The van der Waals surface area contributed by atoms with Gasteiger partial charge in [0.25, 0.3) is 0 Å². The van der Waals surface area contributed by atoms with Gasteiger partial charge in [0.15, 0.2) is 0 Å². The van der Waals surface area contributed by atoms with Crippen LogP contribution >= 0.6 is 0 Å². The summed E-state index contributed by atoms with van der Waals surface area (Å²) in [4.78, 5) is 15.3. The van der Waals surface area contributed by atoms with Crippen LogP contribution in [0.15, 0.2) is 91.0 Å². The molecule has 0 saturated heterocycles. The number of hydrogen-bond acceptors (Lipinski definition) is 2. The largest absolute Gasteiger partial charge is 0.274 e. The van der Waals surface area contributed by atoms with E-state index in [4.69, 9.17) is 5.10 Å². The summed E-state index contributed by atoms with van der Waals surface area (Å²) in [5.41, 5.74) is 5.17. The van der Waals surface area contributed by atoms with Gasteiger partial charge in [0, 0.05) is 17.9 Å². The second-order valence-corrected chi connectivity index (χ2v) is 7.52. The number of para-hydroxylation sites is 2. The Balaban J connectivity index is 1.80. The molecule has 1 amide bonds. The maximum absolute atomic E-state index is 13.5. The highest BCUT2D eigenvalue weighted by atomic mass is 16.2. The summed E-state index contributed by atoms with van der Waals surface area (Å²) in [6.07, 6.45) is 1.24. The summed E-state index contributed by atoms with van der Waals surface area (Å²) in [5.74, 6) is 0.942. The molecule has 0 fully saturated rings. The molecule has 1 atom stereocenters. The molecule has 0 bridgehead atoms. The molecule has 1 aliphatic heterocycles. The molecule has 4 nitrogen and oxygen atoms in total. The predicted octanol–water partition coefficient (Wildman–Crippen LogP) is 5.64. The Kier molecular flexibility index (Phi) is 4.68. The maximum Gasteiger partial charge on any atom is 0.233 e. The third-order valence-corrected chi connectivity index (χ3v) is 5.71. The number of aryl methyl sites for hydroxylation is 1. The number of carbonyl (C=O) groups is 1. The van der Waals surface area contributed by atoms with Crippen molar-refractivity contribution in [2.24, 2.45) is 0 Å². The first-order valence-electron chi connectivity index (χ1n) is 10.4. The molecule has 148 valence electrons. The van der Waals surface area contributed by atoms with E-state index in [2.05, 4.69) is 19.1 Å². The van der Waals surface area contributed by atoms with Crippen molar-refractivity contribution in [2.45, 2.75) is 25.7 Å². The lowest BCUT2D eigenvalue weighted by Gasteiger charge is -2.33. The number of nitrogens with zero attached hydrogens (tertiary/aromatic N) is 3. The molecule has 0 aliphatic carbocycles. The van der Waals surface area contributed by atoms with Crippen LogP contribution in [0, 0.1) is 0 Å². The van der Waals surface area contributed by atoms with Gasteiger partial charge in [0.1, 0.15) is 5.82 Å². The number of anilines is 2. The topological polar surface area (TPSA) is 38.1 Å². The van der Waals surface area contributed by atoms with Gasteiger partial charge in [-0.05, 0) is 36.2 Å². The summed E-state index contributed by atoms with van der Waals surface area (Å²) in [6.45, 7) is 2.13. The number of hydrogen-bond donors (Lipinski definition) is 0. The smallest absolute Gasteiger partial charge is 0.233 e. The number of benzene rings is 3. The first-order chi connectivity index (χ1) is 14.8. The molecule has 4 aromatic rings. The van der Waals surface area contributed by atoms with Gasteiger partial charge in [-0.1, -0.05) is 73.7 Å². The van der Waals surface area contributed by atoms with Crippen molar-refractivity contribution in [3.63, 3.8) is 0 Å². The van der Waals surface area contributed by atoms with Gasteiger partial charge < -0.3 is 0 Å². The van der Waals surface area contributed by atoms with Crippen LogP contribution in [-0.4, -0.2) is 15.7 Å². The van der Waals surface area contributed by atoms with E-state index < -0.39 is 0 Å². The molecule has 2 heterocycles. The quantitative estimate of drug-likeness (QED) is 0.450. The average molecular weight is 393 g/mol. The Morgan fingerprint density at radius 3 is 2.00 bits per heavy atom. The average Bonchev–Trinajstić information content (AvgIpc) is 3.19. The normalized spacial score (nSPS) is 15.8. The molecule has 0 radical (unpaired) electrons. The van der Waals surface area contributed by atoms with Crippen molar-refractivity contribution in [2.75, 3.05) is 4.90 Å². The van der Waals surface area contributed by atoms with Crippen molar-refractivity contribution in [1.29, 1.82) is 0 Å². The molecular weight excluding hydrogens is 370 g/mol. The van der Waals surface area contributed by atoms with Gasteiger partial charge in [-0.15, -0.1) is 0 Å². The fourth-order valence-electron chi connectivity index (χ4n) is 4.35. The highest BCUT2D eigenvalue weighted by Gasteiger charge is 2.39. The van der Waals surface area contributed by atoms with Gasteiger partial charge in [0.05, 0.1) is 17.1 Å². The third kappa shape index (κ3) is 3.01.